The van der Waals surface area contributed by atoms with Gasteiger partial charge in [0, 0.05) is 22.6 Å². The number of aryl methyl sites for hydroxylation is 1. The SMILES string of the molecule is Cc1ccc(NC(=O)Cc2nc(COC(=O)c3ccccc3CSC3=NCCS3)cs2)cc1. The van der Waals surface area contributed by atoms with E-state index in [1.165, 1.54) is 11.3 Å². The number of carbonyl (C=O) groups is 2. The maximum Gasteiger partial charge on any atom is 0.338 e. The molecule has 0 spiro atoms. The summed E-state index contributed by atoms with van der Waals surface area (Å²) < 4.78 is 6.58. The molecule has 1 aliphatic rings. The maximum atomic E-state index is 12.7. The fraction of sp³-hybridized carbons (Fsp3) is 0.250. The van der Waals surface area contributed by atoms with Crippen molar-refractivity contribution in [2.45, 2.75) is 25.7 Å². The lowest BCUT2D eigenvalue weighted by atomic mass is 10.1. The first-order valence-corrected chi connectivity index (χ1v) is 13.3. The molecule has 0 atom stereocenters. The van der Waals surface area contributed by atoms with Crippen molar-refractivity contribution in [1.82, 2.24) is 4.98 Å². The average Bonchev–Trinajstić information content (AvgIpc) is 3.50. The number of hydrogen-bond acceptors (Lipinski definition) is 8. The van der Waals surface area contributed by atoms with Crippen LogP contribution < -0.4 is 5.32 Å². The first-order chi connectivity index (χ1) is 16.1. The number of hydrogen-bond donors (Lipinski definition) is 1. The molecular weight excluding hydrogens is 474 g/mol. The number of amides is 1. The molecule has 0 unspecified atom stereocenters. The van der Waals surface area contributed by atoms with Gasteiger partial charge in [0.05, 0.1) is 24.2 Å². The van der Waals surface area contributed by atoms with Crippen molar-refractivity contribution < 1.29 is 14.3 Å². The van der Waals surface area contributed by atoms with E-state index >= 15 is 0 Å². The van der Waals surface area contributed by atoms with Crippen LogP contribution in [0.2, 0.25) is 0 Å². The Hall–Kier alpha value is -2.62. The molecule has 0 radical (unpaired) electrons. The molecular formula is C24H23N3O3S3. The van der Waals surface area contributed by atoms with E-state index in [-0.39, 0.29) is 24.9 Å². The fourth-order valence-corrected chi connectivity index (χ4v) is 5.87. The van der Waals surface area contributed by atoms with Gasteiger partial charge < -0.3 is 10.1 Å². The van der Waals surface area contributed by atoms with Gasteiger partial charge in [-0.1, -0.05) is 59.4 Å². The lowest BCUT2D eigenvalue weighted by Crippen LogP contribution is -2.14. The number of anilines is 1. The number of ether oxygens (including phenoxy) is 1. The number of rotatable bonds is 8. The van der Waals surface area contributed by atoms with E-state index in [2.05, 4.69) is 15.3 Å². The van der Waals surface area contributed by atoms with E-state index in [0.29, 0.717) is 22.0 Å². The molecule has 0 aliphatic carbocycles. The third-order valence-corrected chi connectivity index (χ3v) is 7.94. The summed E-state index contributed by atoms with van der Waals surface area (Å²) in [6, 6.07) is 15.1. The van der Waals surface area contributed by atoms with E-state index in [1.807, 2.05) is 54.8 Å². The third kappa shape index (κ3) is 6.93. The average molecular weight is 498 g/mol. The topological polar surface area (TPSA) is 80.6 Å². The first-order valence-electron chi connectivity index (χ1n) is 10.4. The highest BCUT2D eigenvalue weighted by molar-refractivity contribution is 8.38. The normalized spacial score (nSPS) is 12.9. The smallest absolute Gasteiger partial charge is 0.338 e. The quantitative estimate of drug-likeness (QED) is 0.424. The number of aliphatic imine (C=N–C) groups is 1. The molecule has 0 bridgehead atoms. The van der Waals surface area contributed by atoms with Crippen LogP contribution in [0.4, 0.5) is 5.69 Å². The molecule has 1 amide bonds. The Morgan fingerprint density at radius 1 is 1.15 bits per heavy atom. The van der Waals surface area contributed by atoms with Gasteiger partial charge in [-0.15, -0.1) is 11.3 Å². The lowest BCUT2D eigenvalue weighted by Gasteiger charge is -2.09. The van der Waals surface area contributed by atoms with Gasteiger partial charge in [0.15, 0.2) is 0 Å². The Kier molecular flexibility index (Phi) is 8.20. The minimum absolute atomic E-state index is 0.0684. The van der Waals surface area contributed by atoms with Crippen molar-refractivity contribution in [3.63, 3.8) is 0 Å². The number of esters is 1. The highest BCUT2D eigenvalue weighted by Crippen LogP contribution is 2.27. The second-order valence-corrected chi connectivity index (χ2v) is 10.6. The zero-order valence-electron chi connectivity index (χ0n) is 18.1. The van der Waals surface area contributed by atoms with E-state index < -0.39 is 0 Å². The molecule has 9 heteroatoms. The van der Waals surface area contributed by atoms with Gasteiger partial charge in [-0.05, 0) is 30.7 Å². The number of nitrogens with one attached hydrogen (secondary N) is 1. The van der Waals surface area contributed by atoms with Crippen LogP contribution >= 0.6 is 34.9 Å². The summed E-state index contributed by atoms with van der Waals surface area (Å²) in [5.41, 5.74) is 4.01. The van der Waals surface area contributed by atoms with Crippen molar-refractivity contribution in [3.8, 4) is 0 Å². The van der Waals surface area contributed by atoms with Gasteiger partial charge in [-0.3, -0.25) is 9.79 Å². The molecule has 33 heavy (non-hydrogen) atoms. The van der Waals surface area contributed by atoms with Gasteiger partial charge in [0.1, 0.15) is 16.0 Å². The minimum Gasteiger partial charge on any atom is -0.456 e. The zero-order chi connectivity index (χ0) is 23.0. The van der Waals surface area contributed by atoms with Crippen LogP contribution in [0, 0.1) is 6.92 Å². The Labute approximate surface area is 205 Å². The molecule has 3 aromatic rings. The van der Waals surface area contributed by atoms with Crippen LogP contribution in [-0.4, -0.2) is 33.5 Å². The Bertz CT molecular complexity index is 1160. The molecule has 0 fully saturated rings. The van der Waals surface area contributed by atoms with Crippen molar-refractivity contribution in [2.75, 3.05) is 17.6 Å². The second-order valence-electron chi connectivity index (χ2n) is 7.34. The highest BCUT2D eigenvalue weighted by Gasteiger charge is 2.16. The molecule has 6 nitrogen and oxygen atoms in total. The number of nitrogens with zero attached hydrogens (tertiary/aromatic N) is 2. The monoisotopic (exact) mass is 497 g/mol. The van der Waals surface area contributed by atoms with Crippen LogP contribution in [0.1, 0.15) is 32.2 Å². The molecule has 0 saturated heterocycles. The summed E-state index contributed by atoms with van der Waals surface area (Å²) in [4.78, 5) is 33.9. The van der Waals surface area contributed by atoms with Crippen molar-refractivity contribution in [2.24, 2.45) is 4.99 Å². The molecule has 1 N–H and O–H groups in total. The summed E-state index contributed by atoms with van der Waals surface area (Å²) in [6.45, 7) is 2.93. The largest absolute Gasteiger partial charge is 0.456 e. The van der Waals surface area contributed by atoms with Crippen LogP contribution in [-0.2, 0) is 28.3 Å². The Balaban J connectivity index is 1.28. The van der Waals surface area contributed by atoms with E-state index in [9.17, 15) is 9.59 Å². The standard InChI is InChI=1S/C24H23N3O3S3/c1-16-6-8-18(9-7-16)26-21(28)12-22-27-19(15-32-22)13-30-23(29)20-5-3-2-4-17(20)14-33-24-25-10-11-31-24/h2-9,15H,10-14H2,1H3,(H,26,28). The van der Waals surface area contributed by atoms with Crippen LogP contribution in [0.5, 0.6) is 0 Å². The summed E-state index contributed by atoms with van der Waals surface area (Å²) in [6.07, 6.45) is 0.175. The van der Waals surface area contributed by atoms with E-state index in [0.717, 1.165) is 33.5 Å². The number of thioether (sulfide) groups is 2. The summed E-state index contributed by atoms with van der Waals surface area (Å²) >= 11 is 4.78. The first kappa shape index (κ1) is 23.5. The second kappa shape index (κ2) is 11.5. The summed E-state index contributed by atoms with van der Waals surface area (Å²) in [5.74, 6) is 1.19. The maximum absolute atomic E-state index is 12.7. The Morgan fingerprint density at radius 2 is 1.97 bits per heavy atom. The van der Waals surface area contributed by atoms with Crippen molar-refractivity contribution >= 4 is 56.8 Å². The predicted octanol–water partition coefficient (Wildman–Crippen LogP) is 5.33. The van der Waals surface area contributed by atoms with Crippen LogP contribution in [0.15, 0.2) is 58.9 Å². The van der Waals surface area contributed by atoms with Crippen molar-refractivity contribution in [3.05, 3.63) is 81.3 Å². The minimum atomic E-state index is -0.376. The highest BCUT2D eigenvalue weighted by atomic mass is 32.2. The van der Waals surface area contributed by atoms with Crippen molar-refractivity contribution in [1.29, 1.82) is 0 Å². The summed E-state index contributed by atoms with van der Waals surface area (Å²) in [7, 11) is 0. The third-order valence-electron chi connectivity index (χ3n) is 4.74. The van der Waals surface area contributed by atoms with Gasteiger partial charge >= 0.3 is 5.97 Å². The number of benzene rings is 2. The molecule has 0 saturated carbocycles. The number of carbonyl (C=O) groups excluding carboxylic acids is 2. The number of aromatic nitrogens is 1. The van der Waals surface area contributed by atoms with Gasteiger partial charge in [0.2, 0.25) is 5.91 Å². The van der Waals surface area contributed by atoms with Gasteiger partial charge in [-0.25, -0.2) is 9.78 Å². The molecule has 170 valence electrons. The fourth-order valence-electron chi connectivity index (χ4n) is 3.08. The van der Waals surface area contributed by atoms with E-state index in [1.54, 1.807) is 29.6 Å². The predicted molar refractivity (Wildman–Crippen MR) is 137 cm³/mol. The molecule has 2 heterocycles. The van der Waals surface area contributed by atoms with E-state index in [4.69, 9.17) is 4.74 Å². The Morgan fingerprint density at radius 3 is 2.76 bits per heavy atom. The molecule has 4 rings (SSSR count). The van der Waals surface area contributed by atoms with Crippen LogP contribution in [0.3, 0.4) is 0 Å². The molecule has 2 aromatic carbocycles. The molecule has 1 aliphatic heterocycles. The number of thiazole rings is 1. The van der Waals surface area contributed by atoms with Gasteiger partial charge in [0.25, 0.3) is 0 Å². The van der Waals surface area contributed by atoms with Gasteiger partial charge in [-0.2, -0.15) is 0 Å². The van der Waals surface area contributed by atoms with Crippen LogP contribution in [0.25, 0.3) is 0 Å². The summed E-state index contributed by atoms with van der Waals surface area (Å²) in [5, 5.41) is 5.36. The zero-order valence-corrected chi connectivity index (χ0v) is 20.5. The lowest BCUT2D eigenvalue weighted by molar-refractivity contribution is -0.115. The molecule has 1 aromatic heterocycles.